The van der Waals surface area contributed by atoms with Crippen LogP contribution in [-0.2, 0) is 9.53 Å². The molecule has 1 aromatic rings. The van der Waals surface area contributed by atoms with E-state index in [-0.39, 0.29) is 11.9 Å². The van der Waals surface area contributed by atoms with Gasteiger partial charge in [-0.2, -0.15) is 0 Å². The molecule has 0 amide bonds. The maximum atomic E-state index is 11.7. The molecular formula is C17H25NO3. The molecule has 0 aliphatic carbocycles. The van der Waals surface area contributed by atoms with E-state index in [0.29, 0.717) is 12.5 Å². The van der Waals surface area contributed by atoms with Crippen LogP contribution >= 0.6 is 0 Å². The van der Waals surface area contributed by atoms with E-state index in [1.807, 2.05) is 0 Å². The molecule has 0 N–H and O–H groups in total. The molecule has 4 heteroatoms. The van der Waals surface area contributed by atoms with Crippen LogP contribution in [0.1, 0.15) is 18.1 Å². The molecule has 0 radical (unpaired) electrons. The SMILES string of the molecule is COC(=O)C1CN(CCOc2cc(C)ccc2C)CC1C. The van der Waals surface area contributed by atoms with E-state index in [9.17, 15) is 4.79 Å². The molecule has 4 nitrogen and oxygen atoms in total. The fourth-order valence-corrected chi connectivity index (χ4v) is 2.86. The standard InChI is InChI=1S/C17H25NO3/c1-12-5-6-13(2)16(9-12)21-8-7-18-10-14(3)15(11-18)17(19)20-4/h5-6,9,14-15H,7-8,10-11H2,1-4H3. The Labute approximate surface area is 127 Å². The van der Waals surface area contributed by atoms with E-state index >= 15 is 0 Å². The third-order valence-corrected chi connectivity index (χ3v) is 4.20. The number of aryl methyl sites for hydroxylation is 2. The molecule has 1 saturated heterocycles. The zero-order valence-corrected chi connectivity index (χ0v) is 13.4. The number of benzene rings is 1. The third kappa shape index (κ3) is 3.97. The van der Waals surface area contributed by atoms with Crippen molar-refractivity contribution in [2.24, 2.45) is 11.8 Å². The van der Waals surface area contributed by atoms with Crippen molar-refractivity contribution in [3.8, 4) is 5.75 Å². The number of ether oxygens (including phenoxy) is 2. The summed E-state index contributed by atoms with van der Waals surface area (Å²) in [5.41, 5.74) is 2.36. The maximum Gasteiger partial charge on any atom is 0.310 e. The summed E-state index contributed by atoms with van der Waals surface area (Å²) in [6.07, 6.45) is 0. The van der Waals surface area contributed by atoms with Gasteiger partial charge >= 0.3 is 5.97 Å². The van der Waals surface area contributed by atoms with Crippen molar-refractivity contribution in [3.05, 3.63) is 29.3 Å². The molecule has 2 rings (SSSR count). The fraction of sp³-hybridized carbons (Fsp3) is 0.588. The molecule has 0 bridgehead atoms. The highest BCUT2D eigenvalue weighted by molar-refractivity contribution is 5.73. The van der Waals surface area contributed by atoms with E-state index in [0.717, 1.165) is 30.9 Å². The zero-order chi connectivity index (χ0) is 15.4. The molecule has 1 fully saturated rings. The van der Waals surface area contributed by atoms with E-state index in [1.54, 1.807) is 0 Å². The number of nitrogens with zero attached hydrogens (tertiary/aromatic N) is 1. The first-order valence-electron chi connectivity index (χ1n) is 7.51. The fourth-order valence-electron chi connectivity index (χ4n) is 2.86. The van der Waals surface area contributed by atoms with Crippen molar-refractivity contribution in [1.82, 2.24) is 4.90 Å². The lowest BCUT2D eigenvalue weighted by molar-refractivity contribution is -0.146. The first-order chi connectivity index (χ1) is 10.0. The van der Waals surface area contributed by atoms with Crippen LogP contribution in [0.15, 0.2) is 18.2 Å². The minimum atomic E-state index is -0.0968. The van der Waals surface area contributed by atoms with Gasteiger partial charge in [-0.05, 0) is 37.0 Å². The summed E-state index contributed by atoms with van der Waals surface area (Å²) in [7, 11) is 1.46. The molecular weight excluding hydrogens is 266 g/mol. The third-order valence-electron chi connectivity index (χ3n) is 4.20. The quantitative estimate of drug-likeness (QED) is 0.781. The van der Waals surface area contributed by atoms with Crippen LogP contribution in [0.2, 0.25) is 0 Å². The summed E-state index contributed by atoms with van der Waals surface area (Å²) in [5.74, 6) is 1.20. The van der Waals surface area contributed by atoms with Gasteiger partial charge in [0.25, 0.3) is 0 Å². The number of hydrogen-bond acceptors (Lipinski definition) is 4. The number of methoxy groups -OCH3 is 1. The van der Waals surface area contributed by atoms with Crippen LogP contribution in [0, 0.1) is 25.7 Å². The van der Waals surface area contributed by atoms with Crippen LogP contribution in [0.5, 0.6) is 5.75 Å². The first kappa shape index (κ1) is 15.8. The number of esters is 1. The van der Waals surface area contributed by atoms with Gasteiger partial charge < -0.3 is 9.47 Å². The molecule has 0 spiro atoms. The second kappa shape index (κ2) is 6.94. The Morgan fingerprint density at radius 3 is 2.81 bits per heavy atom. The molecule has 0 aromatic heterocycles. The smallest absolute Gasteiger partial charge is 0.310 e. The summed E-state index contributed by atoms with van der Waals surface area (Å²) in [6.45, 7) is 9.40. The number of hydrogen-bond donors (Lipinski definition) is 0. The summed E-state index contributed by atoms with van der Waals surface area (Å²) in [4.78, 5) is 13.9. The Bertz CT molecular complexity index is 501. The summed E-state index contributed by atoms with van der Waals surface area (Å²) in [6, 6.07) is 6.24. The van der Waals surface area contributed by atoms with E-state index in [4.69, 9.17) is 9.47 Å². The lowest BCUT2D eigenvalue weighted by Gasteiger charge is -2.16. The van der Waals surface area contributed by atoms with Crippen molar-refractivity contribution >= 4 is 5.97 Å². The largest absolute Gasteiger partial charge is 0.492 e. The molecule has 21 heavy (non-hydrogen) atoms. The Kier molecular flexibility index (Phi) is 5.23. The highest BCUT2D eigenvalue weighted by Gasteiger charge is 2.35. The van der Waals surface area contributed by atoms with Gasteiger partial charge in [0.1, 0.15) is 12.4 Å². The van der Waals surface area contributed by atoms with Gasteiger partial charge in [0, 0.05) is 19.6 Å². The van der Waals surface area contributed by atoms with Crippen molar-refractivity contribution in [2.45, 2.75) is 20.8 Å². The molecule has 1 aliphatic rings. The van der Waals surface area contributed by atoms with Crippen molar-refractivity contribution in [3.63, 3.8) is 0 Å². The topological polar surface area (TPSA) is 38.8 Å². The summed E-state index contributed by atoms with van der Waals surface area (Å²) in [5, 5.41) is 0. The average molecular weight is 291 g/mol. The normalized spacial score (nSPS) is 22.3. The lowest BCUT2D eigenvalue weighted by atomic mass is 9.99. The highest BCUT2D eigenvalue weighted by Crippen LogP contribution is 2.24. The second-order valence-corrected chi connectivity index (χ2v) is 5.98. The number of rotatable bonds is 5. The average Bonchev–Trinajstić information content (AvgIpc) is 2.83. The summed E-state index contributed by atoms with van der Waals surface area (Å²) < 4.78 is 10.7. The van der Waals surface area contributed by atoms with Crippen LogP contribution in [0.4, 0.5) is 0 Å². The molecule has 116 valence electrons. The van der Waals surface area contributed by atoms with Crippen molar-refractivity contribution in [2.75, 3.05) is 33.4 Å². The monoisotopic (exact) mass is 291 g/mol. The van der Waals surface area contributed by atoms with Gasteiger partial charge in [0.05, 0.1) is 13.0 Å². The maximum absolute atomic E-state index is 11.7. The van der Waals surface area contributed by atoms with Crippen molar-refractivity contribution in [1.29, 1.82) is 0 Å². The van der Waals surface area contributed by atoms with Gasteiger partial charge in [0.2, 0.25) is 0 Å². The Morgan fingerprint density at radius 1 is 1.33 bits per heavy atom. The molecule has 1 aromatic carbocycles. The highest BCUT2D eigenvalue weighted by atomic mass is 16.5. The van der Waals surface area contributed by atoms with E-state index < -0.39 is 0 Å². The molecule has 1 aliphatic heterocycles. The minimum Gasteiger partial charge on any atom is -0.492 e. The van der Waals surface area contributed by atoms with Crippen LogP contribution in [0.25, 0.3) is 0 Å². The predicted octanol–water partition coefficient (Wildman–Crippen LogP) is 2.42. The Hall–Kier alpha value is -1.55. The Morgan fingerprint density at radius 2 is 2.10 bits per heavy atom. The van der Waals surface area contributed by atoms with Gasteiger partial charge in [-0.25, -0.2) is 0 Å². The van der Waals surface area contributed by atoms with Crippen molar-refractivity contribution < 1.29 is 14.3 Å². The first-order valence-corrected chi connectivity index (χ1v) is 7.51. The van der Waals surface area contributed by atoms with Gasteiger partial charge in [0.15, 0.2) is 0 Å². The zero-order valence-electron chi connectivity index (χ0n) is 13.4. The number of likely N-dealkylation sites (tertiary alicyclic amines) is 1. The van der Waals surface area contributed by atoms with Crippen LogP contribution in [-0.4, -0.2) is 44.2 Å². The predicted molar refractivity (Wildman–Crippen MR) is 82.5 cm³/mol. The van der Waals surface area contributed by atoms with Gasteiger partial charge in [-0.15, -0.1) is 0 Å². The molecule has 2 atom stereocenters. The Balaban J connectivity index is 1.82. The van der Waals surface area contributed by atoms with Gasteiger partial charge in [-0.1, -0.05) is 19.1 Å². The molecule has 0 saturated carbocycles. The van der Waals surface area contributed by atoms with Crippen LogP contribution < -0.4 is 4.74 Å². The second-order valence-electron chi connectivity index (χ2n) is 5.98. The van der Waals surface area contributed by atoms with E-state index in [2.05, 4.69) is 43.9 Å². The number of carbonyl (C=O) groups excluding carboxylic acids is 1. The molecule has 1 heterocycles. The van der Waals surface area contributed by atoms with Gasteiger partial charge in [-0.3, -0.25) is 9.69 Å². The number of carbonyl (C=O) groups is 1. The minimum absolute atomic E-state index is 0.00398. The summed E-state index contributed by atoms with van der Waals surface area (Å²) >= 11 is 0. The molecule has 2 unspecified atom stereocenters. The van der Waals surface area contributed by atoms with E-state index in [1.165, 1.54) is 12.7 Å². The lowest BCUT2D eigenvalue weighted by Crippen LogP contribution is -2.28. The van der Waals surface area contributed by atoms with Crippen LogP contribution in [0.3, 0.4) is 0 Å².